The summed E-state index contributed by atoms with van der Waals surface area (Å²) >= 11 is 0. The van der Waals surface area contributed by atoms with Crippen molar-refractivity contribution in [1.29, 1.82) is 0 Å². The van der Waals surface area contributed by atoms with E-state index < -0.39 is 12.0 Å². The van der Waals surface area contributed by atoms with Crippen molar-refractivity contribution in [3.05, 3.63) is 59.1 Å². The van der Waals surface area contributed by atoms with Crippen molar-refractivity contribution in [1.82, 2.24) is 25.8 Å². The first-order chi connectivity index (χ1) is 23.6. The van der Waals surface area contributed by atoms with Crippen LogP contribution >= 0.6 is 0 Å². The molecule has 11 heteroatoms. The summed E-state index contributed by atoms with van der Waals surface area (Å²) in [5.74, 6) is 1.65. The molecule has 49 heavy (non-hydrogen) atoms. The second-order valence-electron chi connectivity index (χ2n) is 12.4. The zero-order valence-corrected chi connectivity index (χ0v) is 31.3. The maximum absolute atomic E-state index is 12.9. The Hall–Kier alpha value is -3.83. The number of benzene rings is 1. The topological polar surface area (TPSA) is 128 Å². The van der Waals surface area contributed by atoms with Crippen molar-refractivity contribution in [2.24, 2.45) is 10.9 Å². The summed E-state index contributed by atoms with van der Waals surface area (Å²) in [6.45, 7) is 14.2. The highest BCUT2D eigenvalue weighted by atomic mass is 16.5. The minimum atomic E-state index is -0.766. The zero-order valence-electron chi connectivity index (χ0n) is 31.3. The standard InChI is InChI=1S/C36H56N6O5.C2H6/c1-8-10-28-18-31(17-27(28)9-2)42(23-29-11-12-33(46-6)19-34(29)47-7)24-32(44)21-39-36(45)25(3)20-38-22-35(37-5)40-30-13-15-41(16-14-30)26(4)43;1-2/h8,10-12,19-20,22,25,30-32,37,40,44H,9,13-18,21,23-24H2,1-7H3,(H,39,45);1-2H3/b10-8-,35-22+,38-20?;. The highest BCUT2D eigenvalue weighted by Gasteiger charge is 2.29. The first-order valence-corrected chi connectivity index (χ1v) is 17.8. The van der Waals surface area contributed by atoms with Crippen LogP contribution in [0.5, 0.6) is 11.5 Å². The summed E-state index contributed by atoms with van der Waals surface area (Å²) < 4.78 is 11.1. The molecule has 1 aromatic carbocycles. The monoisotopic (exact) mass is 682 g/mol. The summed E-state index contributed by atoms with van der Waals surface area (Å²) in [5.41, 5.74) is 3.82. The molecule has 1 saturated heterocycles. The van der Waals surface area contributed by atoms with Crippen LogP contribution < -0.4 is 25.4 Å². The van der Waals surface area contributed by atoms with Gasteiger partial charge in [0.15, 0.2) is 0 Å². The predicted octanol–water partition coefficient (Wildman–Crippen LogP) is 4.78. The first-order valence-electron chi connectivity index (χ1n) is 17.8. The van der Waals surface area contributed by atoms with Crippen molar-refractivity contribution in [3.63, 3.8) is 0 Å². The van der Waals surface area contributed by atoms with Gasteiger partial charge in [0.2, 0.25) is 11.8 Å². The fraction of sp³-hybridized carbons (Fsp3) is 0.605. The fourth-order valence-corrected chi connectivity index (χ4v) is 6.21. The molecular formula is C38H62N6O5. The summed E-state index contributed by atoms with van der Waals surface area (Å²) in [6, 6.07) is 6.29. The highest BCUT2D eigenvalue weighted by molar-refractivity contribution is 5.93. The van der Waals surface area contributed by atoms with Gasteiger partial charge in [-0.05, 0) is 57.6 Å². The molecule has 1 aliphatic carbocycles. The lowest BCUT2D eigenvalue weighted by Crippen LogP contribution is -2.45. The Morgan fingerprint density at radius 3 is 2.47 bits per heavy atom. The van der Waals surface area contributed by atoms with Crippen LogP contribution in [-0.2, 0) is 16.1 Å². The van der Waals surface area contributed by atoms with E-state index in [1.807, 2.05) is 50.9 Å². The maximum atomic E-state index is 12.9. The van der Waals surface area contributed by atoms with Crippen LogP contribution in [0.3, 0.4) is 0 Å². The van der Waals surface area contributed by atoms with Gasteiger partial charge in [0.1, 0.15) is 17.3 Å². The lowest BCUT2D eigenvalue weighted by atomic mass is 10.1. The number of rotatable bonds is 17. The van der Waals surface area contributed by atoms with Gasteiger partial charge < -0.3 is 35.4 Å². The molecule has 4 N–H and O–H groups in total. The highest BCUT2D eigenvalue weighted by Crippen LogP contribution is 2.35. The van der Waals surface area contributed by atoms with E-state index in [1.165, 1.54) is 11.1 Å². The Morgan fingerprint density at radius 2 is 1.88 bits per heavy atom. The van der Waals surface area contributed by atoms with Gasteiger partial charge >= 0.3 is 0 Å². The van der Waals surface area contributed by atoms with Crippen molar-refractivity contribution < 1.29 is 24.2 Å². The van der Waals surface area contributed by atoms with Crippen LogP contribution in [0.2, 0.25) is 0 Å². The molecule has 3 atom stereocenters. The van der Waals surface area contributed by atoms with Crippen molar-refractivity contribution in [3.8, 4) is 11.5 Å². The number of methoxy groups -OCH3 is 2. The number of nitrogens with one attached hydrogen (secondary N) is 3. The lowest BCUT2D eigenvalue weighted by molar-refractivity contribution is -0.129. The number of hydrogen-bond acceptors (Lipinski definition) is 9. The summed E-state index contributed by atoms with van der Waals surface area (Å²) in [7, 11) is 5.10. The summed E-state index contributed by atoms with van der Waals surface area (Å²) in [4.78, 5) is 33.0. The molecule has 0 spiro atoms. The van der Waals surface area contributed by atoms with E-state index in [0.717, 1.165) is 68.1 Å². The van der Waals surface area contributed by atoms with Gasteiger partial charge in [-0.25, -0.2) is 0 Å². The molecule has 2 aliphatic rings. The fourth-order valence-electron chi connectivity index (χ4n) is 6.21. The molecule has 1 aromatic rings. The van der Waals surface area contributed by atoms with Gasteiger partial charge in [-0.3, -0.25) is 19.5 Å². The largest absolute Gasteiger partial charge is 0.497 e. The van der Waals surface area contributed by atoms with E-state index >= 15 is 0 Å². The number of ether oxygens (including phenoxy) is 2. The number of aliphatic imine (C=N–C) groups is 1. The Bertz CT molecular complexity index is 1300. The van der Waals surface area contributed by atoms with E-state index in [-0.39, 0.29) is 30.4 Å². The van der Waals surface area contributed by atoms with E-state index in [1.54, 1.807) is 40.5 Å². The van der Waals surface area contributed by atoms with Crippen LogP contribution in [0.15, 0.2) is 58.5 Å². The molecule has 2 amide bonds. The number of aliphatic hydroxyl groups excluding tert-OH is 1. The molecule has 3 rings (SSSR count). The van der Waals surface area contributed by atoms with Crippen LogP contribution in [0, 0.1) is 5.92 Å². The normalized spacial score (nSPS) is 18.4. The SMILES string of the molecule is C/C=C\C1=C(CC)CC(N(Cc2ccc(OC)cc2OC)CC(O)CNC(=O)C(C)C=N/C=C(\NC)NC2CCN(C(C)=O)CC2)C1.CC. The summed E-state index contributed by atoms with van der Waals surface area (Å²) in [5, 5.41) is 20.6. The zero-order chi connectivity index (χ0) is 36.3. The number of amides is 2. The lowest BCUT2D eigenvalue weighted by Gasteiger charge is -2.32. The number of allylic oxidation sites excluding steroid dienone is 2. The Labute approximate surface area is 294 Å². The van der Waals surface area contributed by atoms with Crippen molar-refractivity contribution in [2.45, 2.75) is 98.4 Å². The van der Waals surface area contributed by atoms with E-state index in [9.17, 15) is 14.7 Å². The number of piperidine rings is 1. The van der Waals surface area contributed by atoms with E-state index in [4.69, 9.17) is 9.47 Å². The number of nitrogens with zero attached hydrogens (tertiary/aromatic N) is 3. The van der Waals surface area contributed by atoms with Gasteiger partial charge in [-0.1, -0.05) is 44.6 Å². The van der Waals surface area contributed by atoms with Crippen molar-refractivity contribution >= 4 is 18.0 Å². The van der Waals surface area contributed by atoms with Gasteiger partial charge in [0, 0.05) is 76.6 Å². The molecule has 1 aliphatic heterocycles. The van der Waals surface area contributed by atoms with Gasteiger partial charge in [0.05, 0.1) is 32.4 Å². The smallest absolute Gasteiger partial charge is 0.228 e. The summed E-state index contributed by atoms with van der Waals surface area (Å²) in [6.07, 6.45) is 11.4. The minimum absolute atomic E-state index is 0.110. The van der Waals surface area contributed by atoms with Crippen LogP contribution in [0.4, 0.5) is 0 Å². The Morgan fingerprint density at radius 1 is 1.16 bits per heavy atom. The third-order valence-electron chi connectivity index (χ3n) is 9.02. The maximum Gasteiger partial charge on any atom is 0.228 e. The molecule has 3 unspecified atom stereocenters. The number of aliphatic hydroxyl groups is 1. The second-order valence-corrected chi connectivity index (χ2v) is 12.4. The third-order valence-corrected chi connectivity index (χ3v) is 9.02. The molecule has 11 nitrogen and oxygen atoms in total. The molecule has 1 heterocycles. The molecule has 0 radical (unpaired) electrons. The molecular weight excluding hydrogens is 620 g/mol. The van der Waals surface area contributed by atoms with Crippen LogP contribution in [-0.4, -0.2) is 98.6 Å². The quantitative estimate of drug-likeness (QED) is 0.173. The minimum Gasteiger partial charge on any atom is -0.497 e. The molecule has 1 fully saturated rings. The number of carbonyl (C=O) groups excluding carboxylic acids is 2. The first kappa shape index (κ1) is 41.3. The second kappa shape index (κ2) is 22.0. The van der Waals surface area contributed by atoms with Gasteiger partial charge in [0.25, 0.3) is 0 Å². The van der Waals surface area contributed by atoms with E-state index in [0.29, 0.717) is 13.1 Å². The Balaban J connectivity index is 0.00000409. The number of hydrogen-bond donors (Lipinski definition) is 4. The third kappa shape index (κ3) is 13.2. The molecule has 274 valence electrons. The predicted molar refractivity (Wildman–Crippen MR) is 199 cm³/mol. The molecule has 0 bridgehead atoms. The van der Waals surface area contributed by atoms with Gasteiger partial charge in [-0.15, -0.1) is 0 Å². The average molecular weight is 683 g/mol. The Kier molecular flexibility index (Phi) is 18.6. The number of likely N-dealkylation sites (tertiary alicyclic amines) is 1. The van der Waals surface area contributed by atoms with E-state index in [2.05, 4.69) is 44.9 Å². The molecule has 0 saturated carbocycles. The number of carbonyl (C=O) groups is 2. The molecule has 0 aromatic heterocycles. The van der Waals surface area contributed by atoms with Crippen molar-refractivity contribution in [2.75, 3.05) is 47.4 Å². The van der Waals surface area contributed by atoms with Crippen LogP contribution in [0.1, 0.15) is 79.2 Å². The van der Waals surface area contributed by atoms with Crippen LogP contribution in [0.25, 0.3) is 0 Å². The van der Waals surface area contributed by atoms with Gasteiger partial charge in [-0.2, -0.15) is 0 Å². The average Bonchev–Trinajstić information content (AvgIpc) is 3.53.